The van der Waals surface area contributed by atoms with Gasteiger partial charge in [0.1, 0.15) is 5.75 Å². The van der Waals surface area contributed by atoms with Gasteiger partial charge in [-0.05, 0) is 43.7 Å². The Morgan fingerprint density at radius 3 is 2.79 bits per heavy atom. The number of nitrogen functional groups attached to an aromatic ring is 1. The molecule has 0 radical (unpaired) electrons. The summed E-state index contributed by atoms with van der Waals surface area (Å²) in [5.74, 6) is 0.867. The molecule has 0 bridgehead atoms. The summed E-state index contributed by atoms with van der Waals surface area (Å²) in [6, 6.07) is 7.65. The fraction of sp³-hybridized carbons (Fsp3) is 0.529. The molecule has 2 heteroatoms. The number of benzene rings is 1. The van der Waals surface area contributed by atoms with E-state index in [0.717, 1.165) is 24.5 Å². The van der Waals surface area contributed by atoms with Crippen molar-refractivity contribution in [2.45, 2.75) is 46.5 Å². The molecule has 1 aliphatic carbocycles. The highest BCUT2D eigenvalue weighted by molar-refractivity contribution is 5.43. The highest BCUT2D eigenvalue weighted by Gasteiger charge is 2.27. The van der Waals surface area contributed by atoms with Gasteiger partial charge in [-0.15, -0.1) is 0 Å². The van der Waals surface area contributed by atoms with E-state index in [1.54, 1.807) is 11.1 Å². The lowest BCUT2D eigenvalue weighted by molar-refractivity contribution is 0.289. The molecular formula is C17H25NO. The average Bonchev–Trinajstić information content (AvgIpc) is 2.32. The Morgan fingerprint density at radius 1 is 1.32 bits per heavy atom. The molecule has 2 nitrogen and oxygen atoms in total. The number of rotatable bonds is 4. The lowest BCUT2D eigenvalue weighted by Crippen LogP contribution is -2.21. The maximum Gasteiger partial charge on any atom is 0.121 e. The first-order valence-electron chi connectivity index (χ1n) is 7.16. The minimum Gasteiger partial charge on any atom is -0.493 e. The van der Waals surface area contributed by atoms with Crippen molar-refractivity contribution in [1.82, 2.24) is 0 Å². The Kier molecular flexibility index (Phi) is 4.18. The summed E-state index contributed by atoms with van der Waals surface area (Å²) in [5, 5.41) is 0. The number of anilines is 1. The predicted molar refractivity (Wildman–Crippen MR) is 81.3 cm³/mol. The lowest BCUT2D eigenvalue weighted by Gasteiger charge is -2.34. The van der Waals surface area contributed by atoms with Crippen molar-refractivity contribution in [3.63, 3.8) is 0 Å². The summed E-state index contributed by atoms with van der Waals surface area (Å²) in [4.78, 5) is 0. The van der Waals surface area contributed by atoms with Crippen LogP contribution in [0.1, 0.15) is 46.5 Å². The molecule has 0 unspecified atom stereocenters. The molecule has 0 saturated heterocycles. The maximum atomic E-state index is 5.82. The molecule has 2 rings (SSSR count). The van der Waals surface area contributed by atoms with Crippen molar-refractivity contribution in [3.8, 4) is 5.75 Å². The molecule has 1 aliphatic rings. The topological polar surface area (TPSA) is 35.2 Å². The monoisotopic (exact) mass is 259 g/mol. The van der Waals surface area contributed by atoms with Crippen LogP contribution in [0.25, 0.3) is 0 Å². The van der Waals surface area contributed by atoms with E-state index in [1.165, 1.54) is 19.3 Å². The van der Waals surface area contributed by atoms with Gasteiger partial charge in [0.2, 0.25) is 0 Å². The normalized spacial score (nSPS) is 18.5. The smallest absolute Gasteiger partial charge is 0.121 e. The van der Waals surface area contributed by atoms with Gasteiger partial charge in [0.05, 0.1) is 6.61 Å². The van der Waals surface area contributed by atoms with Gasteiger partial charge in [0.25, 0.3) is 0 Å². The predicted octanol–water partition coefficient (Wildman–Crippen LogP) is 4.56. The Morgan fingerprint density at radius 2 is 2.11 bits per heavy atom. The third-order valence-corrected chi connectivity index (χ3v) is 4.16. The number of allylic oxidation sites excluding steroid dienone is 1. The van der Waals surface area contributed by atoms with Crippen LogP contribution in [0.3, 0.4) is 0 Å². The second kappa shape index (κ2) is 5.68. The number of nitrogens with two attached hydrogens (primary N) is 1. The molecule has 0 aromatic heterocycles. The van der Waals surface area contributed by atoms with Gasteiger partial charge in [-0.3, -0.25) is 0 Å². The molecule has 19 heavy (non-hydrogen) atoms. The zero-order valence-corrected chi connectivity index (χ0v) is 12.3. The van der Waals surface area contributed by atoms with Crippen molar-refractivity contribution in [2.24, 2.45) is 5.41 Å². The molecule has 0 amide bonds. The van der Waals surface area contributed by atoms with Crippen molar-refractivity contribution in [1.29, 1.82) is 0 Å². The minimum atomic E-state index is 0.335. The summed E-state index contributed by atoms with van der Waals surface area (Å²) in [6.45, 7) is 7.72. The average molecular weight is 259 g/mol. The van der Waals surface area contributed by atoms with Crippen LogP contribution in [0.15, 0.2) is 35.4 Å². The third-order valence-electron chi connectivity index (χ3n) is 4.16. The van der Waals surface area contributed by atoms with Gasteiger partial charge in [0.15, 0.2) is 0 Å². The van der Waals surface area contributed by atoms with Gasteiger partial charge in [-0.25, -0.2) is 0 Å². The Labute approximate surface area is 116 Å². The Hall–Kier alpha value is -1.44. The van der Waals surface area contributed by atoms with E-state index in [9.17, 15) is 0 Å². The van der Waals surface area contributed by atoms with Gasteiger partial charge in [0, 0.05) is 18.2 Å². The highest BCUT2D eigenvalue weighted by Crippen LogP contribution is 2.41. The SMILES string of the molecule is CC1=C(CCOc2cccc(N)c2)C(C)(C)CCC1. The van der Waals surface area contributed by atoms with Gasteiger partial charge < -0.3 is 10.5 Å². The van der Waals surface area contributed by atoms with Crippen LogP contribution in [-0.4, -0.2) is 6.61 Å². The zero-order valence-electron chi connectivity index (χ0n) is 12.3. The largest absolute Gasteiger partial charge is 0.493 e. The van der Waals surface area contributed by atoms with E-state index in [2.05, 4.69) is 20.8 Å². The fourth-order valence-corrected chi connectivity index (χ4v) is 3.10. The lowest BCUT2D eigenvalue weighted by atomic mass is 9.72. The van der Waals surface area contributed by atoms with Crippen LogP contribution in [0.2, 0.25) is 0 Å². The maximum absolute atomic E-state index is 5.82. The van der Waals surface area contributed by atoms with Crippen LogP contribution < -0.4 is 10.5 Å². The van der Waals surface area contributed by atoms with E-state index >= 15 is 0 Å². The number of ether oxygens (including phenoxy) is 1. The molecule has 0 atom stereocenters. The fourth-order valence-electron chi connectivity index (χ4n) is 3.10. The second-order valence-electron chi connectivity index (χ2n) is 6.17. The van der Waals surface area contributed by atoms with Crippen LogP contribution in [0.4, 0.5) is 5.69 Å². The van der Waals surface area contributed by atoms with E-state index in [-0.39, 0.29) is 0 Å². The summed E-state index contributed by atoms with van der Waals surface area (Å²) >= 11 is 0. The highest BCUT2D eigenvalue weighted by atomic mass is 16.5. The molecular weight excluding hydrogens is 234 g/mol. The van der Waals surface area contributed by atoms with Gasteiger partial charge >= 0.3 is 0 Å². The van der Waals surface area contributed by atoms with Crippen LogP contribution >= 0.6 is 0 Å². The van der Waals surface area contributed by atoms with Crippen molar-refractivity contribution in [3.05, 3.63) is 35.4 Å². The van der Waals surface area contributed by atoms with Crippen LogP contribution in [0.5, 0.6) is 5.75 Å². The Balaban J connectivity index is 1.95. The van der Waals surface area contributed by atoms with E-state index in [1.807, 2.05) is 24.3 Å². The van der Waals surface area contributed by atoms with Crippen molar-refractivity contribution < 1.29 is 4.74 Å². The molecule has 0 fully saturated rings. The number of hydrogen-bond acceptors (Lipinski definition) is 2. The summed E-state index contributed by atoms with van der Waals surface area (Å²) in [5.41, 5.74) is 9.99. The minimum absolute atomic E-state index is 0.335. The standard InChI is InChI=1S/C17H25NO/c1-13-6-5-10-17(2,3)16(13)9-11-19-15-8-4-7-14(18)12-15/h4,7-8,12H,5-6,9-11,18H2,1-3H3. The van der Waals surface area contributed by atoms with Gasteiger partial charge in [-0.1, -0.05) is 31.1 Å². The number of hydrogen-bond donors (Lipinski definition) is 1. The molecule has 104 valence electrons. The molecule has 1 aromatic rings. The summed E-state index contributed by atoms with van der Waals surface area (Å²) in [7, 11) is 0. The van der Waals surface area contributed by atoms with Crippen LogP contribution in [-0.2, 0) is 0 Å². The summed E-state index contributed by atoms with van der Waals surface area (Å²) in [6.07, 6.45) is 4.88. The van der Waals surface area contributed by atoms with Crippen molar-refractivity contribution in [2.75, 3.05) is 12.3 Å². The molecule has 0 heterocycles. The first-order chi connectivity index (χ1) is 8.99. The van der Waals surface area contributed by atoms with Gasteiger partial charge in [-0.2, -0.15) is 0 Å². The van der Waals surface area contributed by atoms with E-state index in [0.29, 0.717) is 5.41 Å². The molecule has 1 aromatic carbocycles. The quantitative estimate of drug-likeness (QED) is 0.635. The van der Waals surface area contributed by atoms with E-state index in [4.69, 9.17) is 10.5 Å². The van der Waals surface area contributed by atoms with Crippen LogP contribution in [0, 0.1) is 5.41 Å². The first kappa shape index (κ1) is 14.0. The molecule has 2 N–H and O–H groups in total. The first-order valence-corrected chi connectivity index (χ1v) is 7.16. The summed E-state index contributed by atoms with van der Waals surface area (Å²) < 4.78 is 5.82. The molecule has 0 aliphatic heterocycles. The van der Waals surface area contributed by atoms with Crippen molar-refractivity contribution >= 4 is 5.69 Å². The molecule has 0 saturated carbocycles. The Bertz CT molecular complexity index is 474. The van der Waals surface area contributed by atoms with E-state index < -0.39 is 0 Å². The third kappa shape index (κ3) is 3.52. The molecule has 0 spiro atoms. The second-order valence-corrected chi connectivity index (χ2v) is 6.17. The zero-order chi connectivity index (χ0) is 13.9.